The summed E-state index contributed by atoms with van der Waals surface area (Å²) >= 11 is 0. The largest absolute Gasteiger partial charge is 0.387 e. The highest BCUT2D eigenvalue weighted by molar-refractivity contribution is 5.75. The van der Waals surface area contributed by atoms with E-state index in [4.69, 9.17) is 0 Å². The number of nitrogens with zero attached hydrogens (tertiary/aromatic N) is 3. The number of imidazole rings is 1. The third-order valence-electron chi connectivity index (χ3n) is 4.10. The minimum atomic E-state index is -0.954. The molecule has 0 radical (unpaired) electrons. The Labute approximate surface area is 139 Å². The summed E-state index contributed by atoms with van der Waals surface area (Å²) in [6.45, 7) is 0.820. The fourth-order valence-electron chi connectivity index (χ4n) is 2.76. The van der Waals surface area contributed by atoms with Gasteiger partial charge in [0.25, 0.3) is 0 Å². The predicted molar refractivity (Wildman–Crippen MR) is 88.4 cm³/mol. The summed E-state index contributed by atoms with van der Waals surface area (Å²) in [5.41, 5.74) is 2.32. The van der Waals surface area contributed by atoms with E-state index in [0.717, 1.165) is 29.0 Å². The van der Waals surface area contributed by atoms with Gasteiger partial charge in [-0.25, -0.2) is 13.8 Å². The van der Waals surface area contributed by atoms with Crippen LogP contribution in [0.15, 0.2) is 42.5 Å². The zero-order chi connectivity index (χ0) is 17.3. The van der Waals surface area contributed by atoms with Crippen molar-refractivity contribution in [1.82, 2.24) is 14.5 Å². The molecule has 0 amide bonds. The molecule has 0 bridgehead atoms. The number of para-hydroxylation sites is 2. The number of aryl methyl sites for hydroxylation is 1. The van der Waals surface area contributed by atoms with Gasteiger partial charge < -0.3 is 9.67 Å². The van der Waals surface area contributed by atoms with Crippen molar-refractivity contribution >= 4 is 11.0 Å². The van der Waals surface area contributed by atoms with Crippen LogP contribution in [0.5, 0.6) is 0 Å². The van der Waals surface area contributed by atoms with Crippen LogP contribution in [0.25, 0.3) is 11.0 Å². The van der Waals surface area contributed by atoms with Crippen molar-refractivity contribution in [3.8, 4) is 0 Å². The highest BCUT2D eigenvalue weighted by Crippen LogP contribution is 2.19. The third-order valence-corrected chi connectivity index (χ3v) is 4.10. The van der Waals surface area contributed by atoms with E-state index < -0.39 is 17.7 Å². The van der Waals surface area contributed by atoms with Gasteiger partial charge in [0.15, 0.2) is 11.6 Å². The van der Waals surface area contributed by atoms with E-state index in [1.54, 1.807) is 0 Å². The van der Waals surface area contributed by atoms with Crippen LogP contribution in [0.1, 0.15) is 17.5 Å². The van der Waals surface area contributed by atoms with Crippen LogP contribution in [0, 0.1) is 11.6 Å². The molecule has 1 heterocycles. The number of rotatable bonds is 5. The minimum Gasteiger partial charge on any atom is -0.387 e. The average Bonchev–Trinajstić information content (AvgIpc) is 2.86. The first kappa shape index (κ1) is 16.5. The number of benzene rings is 2. The molecule has 1 unspecified atom stereocenters. The van der Waals surface area contributed by atoms with Crippen molar-refractivity contribution in [2.75, 3.05) is 13.6 Å². The van der Waals surface area contributed by atoms with Crippen molar-refractivity contribution in [3.05, 3.63) is 65.5 Å². The standard InChI is InChI=1S/C18H19F2N3O/c1-22(10-17(24)12-7-8-13(19)14(20)9-12)11-18-21-15-5-3-4-6-16(15)23(18)2/h3-9,17,24H,10-11H2,1-2H3. The van der Waals surface area contributed by atoms with Gasteiger partial charge in [-0.2, -0.15) is 0 Å². The van der Waals surface area contributed by atoms with Crippen molar-refractivity contribution in [1.29, 1.82) is 0 Å². The number of aliphatic hydroxyl groups is 1. The predicted octanol–water partition coefficient (Wildman–Crippen LogP) is 3.02. The number of aliphatic hydroxyl groups excluding tert-OH is 1. The molecule has 0 aliphatic rings. The zero-order valence-corrected chi connectivity index (χ0v) is 13.6. The van der Waals surface area contributed by atoms with Crippen molar-refractivity contribution in [3.63, 3.8) is 0 Å². The maximum absolute atomic E-state index is 13.3. The molecule has 3 rings (SSSR count). The molecule has 24 heavy (non-hydrogen) atoms. The zero-order valence-electron chi connectivity index (χ0n) is 13.6. The smallest absolute Gasteiger partial charge is 0.159 e. The number of hydrogen-bond donors (Lipinski definition) is 1. The Morgan fingerprint density at radius 2 is 1.92 bits per heavy atom. The molecule has 1 aromatic heterocycles. The van der Waals surface area contributed by atoms with Crippen molar-refractivity contribution < 1.29 is 13.9 Å². The number of likely N-dealkylation sites (N-methyl/N-ethyl adjacent to an activating group) is 1. The topological polar surface area (TPSA) is 41.3 Å². The van der Waals surface area contributed by atoms with Gasteiger partial charge >= 0.3 is 0 Å². The Bertz CT molecular complexity index is 863. The minimum absolute atomic E-state index is 0.286. The molecule has 1 N–H and O–H groups in total. The van der Waals surface area contributed by atoms with Crippen molar-refractivity contribution in [2.24, 2.45) is 7.05 Å². The van der Waals surface area contributed by atoms with Crippen LogP contribution in [-0.2, 0) is 13.6 Å². The molecule has 2 aromatic carbocycles. The monoisotopic (exact) mass is 331 g/mol. The lowest BCUT2D eigenvalue weighted by Crippen LogP contribution is -2.25. The fourth-order valence-corrected chi connectivity index (χ4v) is 2.76. The van der Waals surface area contributed by atoms with Crippen molar-refractivity contribution in [2.45, 2.75) is 12.6 Å². The van der Waals surface area contributed by atoms with Crippen LogP contribution in [0.4, 0.5) is 8.78 Å². The molecule has 1 atom stereocenters. The second-order valence-electron chi connectivity index (χ2n) is 5.96. The van der Waals surface area contributed by atoms with Gasteiger partial charge in [0, 0.05) is 13.6 Å². The quantitative estimate of drug-likeness (QED) is 0.781. The van der Waals surface area contributed by atoms with E-state index in [2.05, 4.69) is 4.98 Å². The maximum atomic E-state index is 13.3. The summed E-state index contributed by atoms with van der Waals surface area (Å²) in [6, 6.07) is 11.3. The second kappa shape index (κ2) is 6.67. The maximum Gasteiger partial charge on any atom is 0.159 e. The molecule has 0 spiro atoms. The van der Waals surface area contributed by atoms with E-state index in [1.807, 2.05) is 47.8 Å². The molecular formula is C18H19F2N3O. The van der Waals surface area contributed by atoms with Gasteiger partial charge in [0.2, 0.25) is 0 Å². The molecule has 4 nitrogen and oxygen atoms in total. The summed E-state index contributed by atoms with van der Waals surface area (Å²) in [6.07, 6.45) is -0.903. The van der Waals surface area contributed by atoms with Crippen LogP contribution < -0.4 is 0 Å². The summed E-state index contributed by atoms with van der Waals surface area (Å²) in [5.74, 6) is -1.00. The number of hydrogen-bond acceptors (Lipinski definition) is 3. The molecule has 0 fully saturated rings. The molecule has 126 valence electrons. The van der Waals surface area contributed by atoms with Gasteiger partial charge in [-0.1, -0.05) is 18.2 Å². The van der Waals surface area contributed by atoms with E-state index in [-0.39, 0.29) is 6.54 Å². The van der Waals surface area contributed by atoms with Gasteiger partial charge in [0.05, 0.1) is 23.7 Å². The first-order valence-corrected chi connectivity index (χ1v) is 7.67. The summed E-state index contributed by atoms with van der Waals surface area (Å²) in [4.78, 5) is 6.48. The Hall–Kier alpha value is -2.31. The molecular weight excluding hydrogens is 312 g/mol. The summed E-state index contributed by atoms with van der Waals surface area (Å²) in [5, 5.41) is 10.2. The van der Waals surface area contributed by atoms with Crippen LogP contribution in [-0.4, -0.2) is 33.1 Å². The summed E-state index contributed by atoms with van der Waals surface area (Å²) < 4.78 is 28.3. The highest BCUT2D eigenvalue weighted by Gasteiger charge is 2.15. The van der Waals surface area contributed by atoms with Crippen LogP contribution >= 0.6 is 0 Å². The highest BCUT2D eigenvalue weighted by atomic mass is 19.2. The van der Waals surface area contributed by atoms with Crippen LogP contribution in [0.3, 0.4) is 0 Å². The molecule has 0 saturated carbocycles. The lowest BCUT2D eigenvalue weighted by atomic mass is 10.1. The third kappa shape index (κ3) is 3.29. The normalized spacial score (nSPS) is 12.9. The molecule has 6 heteroatoms. The number of halogens is 2. The van der Waals surface area contributed by atoms with Gasteiger partial charge in [-0.05, 0) is 36.9 Å². The Morgan fingerprint density at radius 3 is 2.62 bits per heavy atom. The number of fused-ring (bicyclic) bond motifs is 1. The summed E-state index contributed by atoms with van der Waals surface area (Å²) in [7, 11) is 3.80. The van der Waals surface area contributed by atoms with Gasteiger partial charge in [0.1, 0.15) is 5.82 Å². The van der Waals surface area contributed by atoms with E-state index in [1.165, 1.54) is 6.07 Å². The SMILES string of the molecule is CN(Cc1nc2ccccc2n1C)CC(O)c1ccc(F)c(F)c1. The average molecular weight is 331 g/mol. The lowest BCUT2D eigenvalue weighted by Gasteiger charge is -2.20. The van der Waals surface area contributed by atoms with E-state index in [0.29, 0.717) is 12.1 Å². The van der Waals surface area contributed by atoms with E-state index >= 15 is 0 Å². The van der Waals surface area contributed by atoms with Crippen LogP contribution in [0.2, 0.25) is 0 Å². The molecule has 0 aliphatic heterocycles. The fraction of sp³-hybridized carbons (Fsp3) is 0.278. The van der Waals surface area contributed by atoms with Gasteiger partial charge in [-0.15, -0.1) is 0 Å². The molecule has 0 saturated heterocycles. The van der Waals surface area contributed by atoms with Gasteiger partial charge in [-0.3, -0.25) is 4.90 Å². The number of aromatic nitrogens is 2. The lowest BCUT2D eigenvalue weighted by molar-refractivity contribution is 0.122. The van der Waals surface area contributed by atoms with E-state index in [9.17, 15) is 13.9 Å². The second-order valence-corrected chi connectivity index (χ2v) is 5.96. The Morgan fingerprint density at radius 1 is 1.17 bits per heavy atom. The molecule has 3 aromatic rings. The Balaban J connectivity index is 1.71. The first-order valence-electron chi connectivity index (χ1n) is 7.67. The Kier molecular flexibility index (Phi) is 4.59. The first-order chi connectivity index (χ1) is 11.5. The molecule has 0 aliphatic carbocycles.